The monoisotopic (exact) mass is 481 g/mol. The second-order valence-corrected chi connectivity index (χ2v) is 8.58. The molecule has 0 saturated carbocycles. The molecule has 0 aliphatic rings. The molecule has 176 valence electrons. The van der Waals surface area contributed by atoms with E-state index in [2.05, 4.69) is 10.6 Å². The van der Waals surface area contributed by atoms with Crippen molar-refractivity contribution in [1.82, 2.24) is 5.32 Å². The van der Waals surface area contributed by atoms with Gasteiger partial charge in [-0.15, -0.1) is 0 Å². The number of nitrogens with one attached hydrogen (secondary N) is 2. The predicted octanol–water partition coefficient (Wildman–Crippen LogP) is 2.76. The minimum Gasteiger partial charge on any atom is -0.493 e. The van der Waals surface area contributed by atoms with Gasteiger partial charge in [-0.25, -0.2) is 13.6 Å². The van der Waals surface area contributed by atoms with Gasteiger partial charge in [0.1, 0.15) is 5.70 Å². The van der Waals surface area contributed by atoms with Crippen LogP contribution in [0.5, 0.6) is 11.5 Å². The molecule has 0 spiro atoms. The number of methoxy groups -OCH3 is 2. The van der Waals surface area contributed by atoms with E-state index in [-0.39, 0.29) is 10.6 Å². The Morgan fingerprint density at radius 1 is 0.882 bits per heavy atom. The number of amides is 2. The molecule has 3 aromatic rings. The van der Waals surface area contributed by atoms with Crippen LogP contribution >= 0.6 is 0 Å². The third-order valence-electron chi connectivity index (χ3n) is 4.69. The zero-order chi connectivity index (χ0) is 24.7. The molecule has 3 aromatic carbocycles. The Balaban J connectivity index is 1.93. The van der Waals surface area contributed by atoms with E-state index in [0.717, 1.165) is 0 Å². The fourth-order valence-electron chi connectivity index (χ4n) is 2.98. The van der Waals surface area contributed by atoms with Crippen LogP contribution < -0.4 is 25.2 Å². The topological polar surface area (TPSA) is 137 Å². The molecule has 9 nitrogen and oxygen atoms in total. The molecule has 0 aromatic heterocycles. The fraction of sp³-hybridized carbons (Fsp3) is 0.0833. The zero-order valence-electron chi connectivity index (χ0n) is 18.4. The van der Waals surface area contributed by atoms with Gasteiger partial charge >= 0.3 is 0 Å². The highest BCUT2D eigenvalue weighted by Gasteiger charge is 2.16. The van der Waals surface area contributed by atoms with Crippen molar-refractivity contribution >= 4 is 33.6 Å². The highest BCUT2D eigenvalue weighted by molar-refractivity contribution is 7.89. The summed E-state index contributed by atoms with van der Waals surface area (Å²) in [5.41, 5.74) is 1.20. The lowest BCUT2D eigenvalue weighted by molar-refractivity contribution is -0.113. The van der Waals surface area contributed by atoms with Crippen LogP contribution in [0.1, 0.15) is 15.9 Å². The number of carbonyl (C=O) groups excluding carboxylic acids is 2. The highest BCUT2D eigenvalue weighted by atomic mass is 32.2. The molecular weight excluding hydrogens is 458 g/mol. The summed E-state index contributed by atoms with van der Waals surface area (Å²) in [6.45, 7) is 0. The fourth-order valence-corrected chi connectivity index (χ4v) is 3.49. The van der Waals surface area contributed by atoms with Gasteiger partial charge in [-0.2, -0.15) is 0 Å². The number of carbonyl (C=O) groups is 2. The number of benzene rings is 3. The lowest BCUT2D eigenvalue weighted by Crippen LogP contribution is -2.30. The standard InChI is InChI=1S/C24H23N3O6S/c1-32-21-13-8-16(15-22(21)33-2)14-20(27-23(28)17-6-4-3-5-7-17)24(29)26-18-9-11-19(12-10-18)34(25,30)31/h3-15H,1-2H3,(H,26,29)(H,27,28)(H2,25,30,31). The van der Waals surface area contributed by atoms with Crippen molar-refractivity contribution in [2.75, 3.05) is 19.5 Å². The third kappa shape index (κ3) is 6.21. The van der Waals surface area contributed by atoms with E-state index in [9.17, 15) is 18.0 Å². The molecule has 0 aliphatic carbocycles. The van der Waals surface area contributed by atoms with Gasteiger partial charge in [-0.05, 0) is 60.2 Å². The van der Waals surface area contributed by atoms with Gasteiger partial charge in [0.25, 0.3) is 11.8 Å². The molecule has 0 fully saturated rings. The van der Waals surface area contributed by atoms with Crippen molar-refractivity contribution in [3.8, 4) is 11.5 Å². The van der Waals surface area contributed by atoms with Gasteiger partial charge in [-0.3, -0.25) is 9.59 Å². The van der Waals surface area contributed by atoms with E-state index in [1.807, 2.05) is 0 Å². The third-order valence-corrected chi connectivity index (χ3v) is 5.62. The van der Waals surface area contributed by atoms with Crippen LogP contribution in [-0.2, 0) is 14.8 Å². The second kappa shape index (κ2) is 10.6. The first-order valence-corrected chi connectivity index (χ1v) is 11.5. The van der Waals surface area contributed by atoms with E-state index in [1.54, 1.807) is 48.5 Å². The van der Waals surface area contributed by atoms with Crippen LogP contribution in [0.15, 0.2) is 83.4 Å². The Hall–Kier alpha value is -4.15. The number of hydrogen-bond donors (Lipinski definition) is 3. The molecule has 34 heavy (non-hydrogen) atoms. The summed E-state index contributed by atoms with van der Waals surface area (Å²) >= 11 is 0. The molecule has 10 heteroatoms. The largest absolute Gasteiger partial charge is 0.493 e. The molecule has 0 aliphatic heterocycles. The number of primary sulfonamides is 1. The molecule has 0 atom stereocenters. The van der Waals surface area contributed by atoms with E-state index < -0.39 is 21.8 Å². The summed E-state index contributed by atoms with van der Waals surface area (Å²) in [6.07, 6.45) is 1.48. The number of anilines is 1. The smallest absolute Gasteiger partial charge is 0.272 e. The summed E-state index contributed by atoms with van der Waals surface area (Å²) in [7, 11) is -0.872. The van der Waals surface area contributed by atoms with Gasteiger partial charge in [-0.1, -0.05) is 24.3 Å². The number of sulfonamides is 1. The molecular formula is C24H23N3O6S. The van der Waals surface area contributed by atoms with E-state index >= 15 is 0 Å². The number of nitrogens with two attached hydrogens (primary N) is 1. The highest BCUT2D eigenvalue weighted by Crippen LogP contribution is 2.28. The molecule has 0 unspecified atom stereocenters. The Kier molecular flexibility index (Phi) is 7.67. The lowest BCUT2D eigenvalue weighted by atomic mass is 10.1. The maximum absolute atomic E-state index is 13.1. The first kappa shape index (κ1) is 24.5. The number of ether oxygens (including phenoxy) is 2. The molecule has 4 N–H and O–H groups in total. The zero-order valence-corrected chi connectivity index (χ0v) is 19.3. The summed E-state index contributed by atoms with van der Waals surface area (Å²) in [5.74, 6) is -0.146. The minimum absolute atomic E-state index is 0.0448. The van der Waals surface area contributed by atoms with Crippen LogP contribution in [0.3, 0.4) is 0 Å². The summed E-state index contributed by atoms with van der Waals surface area (Å²) in [6, 6.07) is 18.8. The molecule has 0 radical (unpaired) electrons. The molecule has 3 rings (SSSR count). The Bertz CT molecular complexity index is 1320. The van der Waals surface area contributed by atoms with E-state index in [4.69, 9.17) is 14.6 Å². The van der Waals surface area contributed by atoms with Crippen LogP contribution in [-0.4, -0.2) is 34.5 Å². The minimum atomic E-state index is -3.87. The first-order valence-electron chi connectivity index (χ1n) is 9.95. The summed E-state index contributed by atoms with van der Waals surface area (Å²) in [5, 5.41) is 10.4. The number of hydrogen-bond acceptors (Lipinski definition) is 6. The average Bonchev–Trinajstić information content (AvgIpc) is 2.83. The van der Waals surface area contributed by atoms with Crippen molar-refractivity contribution < 1.29 is 27.5 Å². The Morgan fingerprint density at radius 3 is 2.12 bits per heavy atom. The first-order chi connectivity index (χ1) is 16.2. The van der Waals surface area contributed by atoms with E-state index in [1.165, 1.54) is 44.6 Å². The van der Waals surface area contributed by atoms with Crippen molar-refractivity contribution in [1.29, 1.82) is 0 Å². The van der Waals surface area contributed by atoms with Gasteiger partial charge in [0.2, 0.25) is 10.0 Å². The molecule has 0 heterocycles. The Morgan fingerprint density at radius 2 is 1.53 bits per heavy atom. The van der Waals surface area contributed by atoms with Gasteiger partial charge < -0.3 is 20.1 Å². The van der Waals surface area contributed by atoms with Crippen molar-refractivity contribution in [3.05, 3.63) is 89.6 Å². The van der Waals surface area contributed by atoms with Crippen LogP contribution in [0.25, 0.3) is 6.08 Å². The summed E-state index contributed by atoms with van der Waals surface area (Å²) in [4.78, 5) is 25.7. The maximum Gasteiger partial charge on any atom is 0.272 e. The van der Waals surface area contributed by atoms with Gasteiger partial charge in [0, 0.05) is 11.3 Å². The van der Waals surface area contributed by atoms with E-state index in [0.29, 0.717) is 28.3 Å². The Labute approximate surface area is 197 Å². The normalized spacial score (nSPS) is 11.4. The van der Waals surface area contributed by atoms with Crippen molar-refractivity contribution in [2.24, 2.45) is 5.14 Å². The lowest BCUT2D eigenvalue weighted by Gasteiger charge is -2.13. The molecule has 0 bridgehead atoms. The van der Waals surface area contributed by atoms with Crippen molar-refractivity contribution in [2.45, 2.75) is 4.90 Å². The van der Waals surface area contributed by atoms with Crippen molar-refractivity contribution in [3.63, 3.8) is 0 Å². The molecule has 2 amide bonds. The molecule has 0 saturated heterocycles. The predicted molar refractivity (Wildman–Crippen MR) is 128 cm³/mol. The number of rotatable bonds is 8. The quantitative estimate of drug-likeness (QED) is 0.423. The van der Waals surface area contributed by atoms with Crippen LogP contribution in [0, 0.1) is 0 Å². The SMILES string of the molecule is COc1ccc(C=C(NC(=O)c2ccccc2)C(=O)Nc2ccc(S(N)(=O)=O)cc2)cc1OC. The maximum atomic E-state index is 13.1. The van der Waals surface area contributed by atoms with Crippen LogP contribution in [0.2, 0.25) is 0 Å². The summed E-state index contributed by atoms with van der Waals surface area (Å²) < 4.78 is 33.4. The average molecular weight is 482 g/mol. The van der Waals surface area contributed by atoms with Gasteiger partial charge in [0.05, 0.1) is 19.1 Å². The van der Waals surface area contributed by atoms with Gasteiger partial charge in [0.15, 0.2) is 11.5 Å². The van der Waals surface area contributed by atoms with Crippen LogP contribution in [0.4, 0.5) is 5.69 Å². The second-order valence-electron chi connectivity index (χ2n) is 7.02.